The summed E-state index contributed by atoms with van der Waals surface area (Å²) in [6.45, 7) is 5.44. The Bertz CT molecular complexity index is 684. The number of anilines is 1. The normalized spacial score (nSPS) is 14.6. The zero-order valence-corrected chi connectivity index (χ0v) is 13.2. The van der Waals surface area contributed by atoms with E-state index in [4.69, 9.17) is 4.74 Å². The van der Waals surface area contributed by atoms with E-state index in [9.17, 15) is 4.79 Å². The summed E-state index contributed by atoms with van der Waals surface area (Å²) in [6.07, 6.45) is 1.44. The third kappa shape index (κ3) is 3.84. The molecule has 1 aromatic heterocycles. The number of morpholine rings is 1. The Hall–Kier alpha value is -2.47. The average Bonchev–Trinajstić information content (AvgIpc) is 2.62. The molecule has 0 aliphatic carbocycles. The Morgan fingerprint density at radius 1 is 1.26 bits per heavy atom. The number of carbonyl (C=O) groups is 1. The molecule has 1 saturated heterocycles. The smallest absolute Gasteiger partial charge is 0.270 e. The number of hydrogen-bond acceptors (Lipinski definition) is 5. The summed E-state index contributed by atoms with van der Waals surface area (Å²) in [4.78, 5) is 22.8. The molecule has 1 aliphatic rings. The maximum atomic E-state index is 12.3. The second kappa shape index (κ2) is 7.19. The minimum absolute atomic E-state index is 0.190. The minimum atomic E-state index is -0.190. The summed E-state index contributed by atoms with van der Waals surface area (Å²) in [6, 6.07) is 9.73. The molecule has 0 saturated carbocycles. The zero-order valence-electron chi connectivity index (χ0n) is 13.2. The van der Waals surface area contributed by atoms with Crippen LogP contribution in [0.2, 0.25) is 0 Å². The van der Waals surface area contributed by atoms with E-state index in [1.807, 2.05) is 31.2 Å². The number of rotatable bonds is 4. The van der Waals surface area contributed by atoms with Gasteiger partial charge in [-0.25, -0.2) is 9.97 Å². The fourth-order valence-electron chi connectivity index (χ4n) is 2.51. The number of ether oxygens (including phenoxy) is 1. The summed E-state index contributed by atoms with van der Waals surface area (Å²) in [5, 5.41) is 2.91. The fourth-order valence-corrected chi connectivity index (χ4v) is 2.51. The highest BCUT2D eigenvalue weighted by Gasteiger charge is 2.15. The van der Waals surface area contributed by atoms with Gasteiger partial charge in [0.2, 0.25) is 0 Å². The maximum Gasteiger partial charge on any atom is 0.270 e. The van der Waals surface area contributed by atoms with E-state index >= 15 is 0 Å². The second-order valence-corrected chi connectivity index (χ2v) is 5.47. The summed E-state index contributed by atoms with van der Waals surface area (Å²) in [5.74, 6) is 0.578. The van der Waals surface area contributed by atoms with E-state index in [1.165, 1.54) is 6.33 Å². The van der Waals surface area contributed by atoms with E-state index in [1.54, 1.807) is 6.07 Å². The lowest BCUT2D eigenvalue weighted by molar-refractivity contribution is 0.0945. The number of aryl methyl sites for hydroxylation is 1. The maximum absolute atomic E-state index is 12.3. The molecule has 1 aromatic carbocycles. The van der Waals surface area contributed by atoms with Gasteiger partial charge in [-0.15, -0.1) is 0 Å². The molecule has 2 heterocycles. The van der Waals surface area contributed by atoms with Gasteiger partial charge in [-0.2, -0.15) is 0 Å². The van der Waals surface area contributed by atoms with Gasteiger partial charge in [0, 0.05) is 25.7 Å². The van der Waals surface area contributed by atoms with Gasteiger partial charge in [0.25, 0.3) is 5.91 Å². The molecule has 0 bridgehead atoms. The first-order chi connectivity index (χ1) is 11.2. The lowest BCUT2D eigenvalue weighted by atomic mass is 10.1. The van der Waals surface area contributed by atoms with Crippen LogP contribution >= 0.6 is 0 Å². The van der Waals surface area contributed by atoms with Crippen LogP contribution in [0.25, 0.3) is 0 Å². The number of nitrogens with one attached hydrogen (secondary N) is 1. The van der Waals surface area contributed by atoms with Crippen molar-refractivity contribution in [2.45, 2.75) is 13.5 Å². The van der Waals surface area contributed by atoms with Gasteiger partial charge < -0.3 is 15.0 Å². The van der Waals surface area contributed by atoms with Gasteiger partial charge >= 0.3 is 0 Å². The molecule has 2 aromatic rings. The molecule has 0 atom stereocenters. The number of amides is 1. The molecule has 0 spiro atoms. The van der Waals surface area contributed by atoms with Crippen LogP contribution in [-0.4, -0.2) is 42.2 Å². The molecule has 1 fully saturated rings. The lowest BCUT2D eigenvalue weighted by Crippen LogP contribution is -2.37. The van der Waals surface area contributed by atoms with Gasteiger partial charge in [-0.05, 0) is 18.1 Å². The molecule has 1 N–H and O–H groups in total. The van der Waals surface area contributed by atoms with Crippen LogP contribution in [-0.2, 0) is 11.3 Å². The fraction of sp³-hybridized carbons (Fsp3) is 0.353. The Morgan fingerprint density at radius 3 is 2.83 bits per heavy atom. The molecule has 0 unspecified atom stereocenters. The first-order valence-electron chi connectivity index (χ1n) is 7.71. The van der Waals surface area contributed by atoms with Crippen molar-refractivity contribution in [3.8, 4) is 0 Å². The highest BCUT2D eigenvalue weighted by molar-refractivity contribution is 5.92. The minimum Gasteiger partial charge on any atom is -0.378 e. The van der Waals surface area contributed by atoms with Gasteiger partial charge in [0.15, 0.2) is 0 Å². The first kappa shape index (κ1) is 15.4. The van der Waals surface area contributed by atoms with Crippen molar-refractivity contribution in [2.75, 3.05) is 31.2 Å². The molecular weight excluding hydrogens is 292 g/mol. The summed E-state index contributed by atoms with van der Waals surface area (Å²) < 4.78 is 5.33. The van der Waals surface area contributed by atoms with Crippen molar-refractivity contribution in [1.82, 2.24) is 15.3 Å². The monoisotopic (exact) mass is 312 g/mol. The lowest BCUT2D eigenvalue weighted by Gasteiger charge is -2.27. The van der Waals surface area contributed by atoms with Gasteiger partial charge in [0.05, 0.1) is 13.2 Å². The van der Waals surface area contributed by atoms with Crippen molar-refractivity contribution in [3.05, 3.63) is 53.5 Å². The number of hydrogen-bond donors (Lipinski definition) is 1. The third-order valence-electron chi connectivity index (χ3n) is 3.92. The molecule has 6 nitrogen and oxygen atoms in total. The molecule has 120 valence electrons. The van der Waals surface area contributed by atoms with Gasteiger partial charge in [-0.3, -0.25) is 4.79 Å². The highest BCUT2D eigenvalue weighted by atomic mass is 16.5. The number of carbonyl (C=O) groups excluding carboxylic acids is 1. The summed E-state index contributed by atoms with van der Waals surface area (Å²) in [5.41, 5.74) is 2.64. The zero-order chi connectivity index (χ0) is 16.1. The highest BCUT2D eigenvalue weighted by Crippen LogP contribution is 2.13. The van der Waals surface area contributed by atoms with Crippen molar-refractivity contribution >= 4 is 11.7 Å². The van der Waals surface area contributed by atoms with Crippen LogP contribution in [0.1, 0.15) is 21.6 Å². The number of aromatic nitrogens is 2. The Labute approximate surface area is 135 Å². The van der Waals surface area contributed by atoms with Crippen LogP contribution in [0.5, 0.6) is 0 Å². The van der Waals surface area contributed by atoms with Gasteiger partial charge in [-0.1, -0.05) is 24.3 Å². The quantitative estimate of drug-likeness (QED) is 0.928. The van der Waals surface area contributed by atoms with Crippen molar-refractivity contribution in [3.63, 3.8) is 0 Å². The second-order valence-electron chi connectivity index (χ2n) is 5.47. The third-order valence-corrected chi connectivity index (χ3v) is 3.92. The van der Waals surface area contributed by atoms with E-state index in [2.05, 4.69) is 20.2 Å². The average molecular weight is 312 g/mol. The molecule has 1 aliphatic heterocycles. The van der Waals surface area contributed by atoms with Crippen LogP contribution < -0.4 is 10.2 Å². The Morgan fingerprint density at radius 2 is 2.04 bits per heavy atom. The topological polar surface area (TPSA) is 67.4 Å². The van der Waals surface area contributed by atoms with Crippen LogP contribution in [0.3, 0.4) is 0 Å². The molecule has 0 radical (unpaired) electrons. The number of nitrogens with zero attached hydrogens (tertiary/aromatic N) is 3. The molecular formula is C17H20N4O2. The van der Waals surface area contributed by atoms with E-state index in [-0.39, 0.29) is 5.91 Å². The SMILES string of the molecule is Cc1ccccc1CNC(=O)c1cc(N2CCOCC2)ncn1. The van der Waals surface area contributed by atoms with E-state index in [0.29, 0.717) is 25.5 Å². The van der Waals surface area contributed by atoms with Crippen LogP contribution in [0.4, 0.5) is 5.82 Å². The summed E-state index contributed by atoms with van der Waals surface area (Å²) >= 11 is 0. The van der Waals surface area contributed by atoms with Crippen molar-refractivity contribution in [1.29, 1.82) is 0 Å². The summed E-state index contributed by atoms with van der Waals surface area (Å²) in [7, 11) is 0. The first-order valence-corrected chi connectivity index (χ1v) is 7.71. The van der Waals surface area contributed by atoms with Crippen LogP contribution in [0.15, 0.2) is 36.7 Å². The van der Waals surface area contributed by atoms with Gasteiger partial charge in [0.1, 0.15) is 17.8 Å². The largest absolute Gasteiger partial charge is 0.378 e. The molecule has 3 rings (SSSR count). The standard InChI is InChI=1S/C17H20N4O2/c1-13-4-2-3-5-14(13)11-18-17(22)15-10-16(20-12-19-15)21-6-8-23-9-7-21/h2-5,10,12H,6-9,11H2,1H3,(H,18,22). The predicted molar refractivity (Wildman–Crippen MR) is 87.4 cm³/mol. The van der Waals surface area contributed by atoms with E-state index in [0.717, 1.165) is 30.0 Å². The molecule has 6 heteroatoms. The number of benzene rings is 1. The predicted octanol–water partition coefficient (Wildman–Crippen LogP) is 1.55. The van der Waals surface area contributed by atoms with Crippen molar-refractivity contribution in [2.24, 2.45) is 0 Å². The molecule has 1 amide bonds. The van der Waals surface area contributed by atoms with Crippen molar-refractivity contribution < 1.29 is 9.53 Å². The Kier molecular flexibility index (Phi) is 4.83. The van der Waals surface area contributed by atoms with Crippen LogP contribution in [0, 0.1) is 6.92 Å². The Balaban J connectivity index is 1.66. The van der Waals surface area contributed by atoms with E-state index < -0.39 is 0 Å². The molecule has 23 heavy (non-hydrogen) atoms.